The average molecular weight is 245 g/mol. The molecule has 0 rings (SSSR count). The molecule has 0 aliphatic heterocycles. The number of ether oxygens (including phenoxy) is 1. The standard InChI is InChI=1S/C11H20N2O4/c1-4-17-11(16)10(12)9(7(2)13-3)8(15)5-6-14/h11,14,16H,4-6,12H2,1-3H3/p+1/b10-9+,13-7?. The van der Waals surface area contributed by atoms with E-state index in [0.29, 0.717) is 5.71 Å². The smallest absolute Gasteiger partial charge is 0.196 e. The van der Waals surface area contributed by atoms with Gasteiger partial charge in [-0.05, 0) is 6.92 Å². The summed E-state index contributed by atoms with van der Waals surface area (Å²) < 4.78 is 4.92. The highest BCUT2D eigenvalue weighted by molar-refractivity contribution is 6.20. The summed E-state index contributed by atoms with van der Waals surface area (Å²) >= 11 is 0. The fraction of sp³-hybridized carbons (Fsp3) is 0.636. The van der Waals surface area contributed by atoms with Crippen molar-refractivity contribution in [2.75, 3.05) is 20.3 Å². The number of rotatable bonds is 7. The summed E-state index contributed by atoms with van der Waals surface area (Å²) in [5.74, 6) is -0.337. The molecule has 0 aromatic carbocycles. The largest absolute Gasteiger partial charge is 0.397 e. The first-order valence-electron chi connectivity index (χ1n) is 5.44. The summed E-state index contributed by atoms with van der Waals surface area (Å²) in [7, 11) is 1.64. The minimum atomic E-state index is -1.32. The Bertz CT molecular complexity index is 323. The van der Waals surface area contributed by atoms with E-state index >= 15 is 0 Å². The zero-order chi connectivity index (χ0) is 13.4. The zero-order valence-corrected chi connectivity index (χ0v) is 10.5. The molecule has 6 nitrogen and oxygen atoms in total. The molecule has 1 atom stereocenters. The molecule has 0 bridgehead atoms. The van der Waals surface area contributed by atoms with Crippen LogP contribution in [0.5, 0.6) is 0 Å². The summed E-state index contributed by atoms with van der Waals surface area (Å²) in [5.41, 5.74) is 6.35. The predicted octanol–water partition coefficient (Wildman–Crippen LogP) is -2.32. The Hall–Kier alpha value is -1.24. The maximum atomic E-state index is 11.8. The lowest BCUT2D eigenvalue weighted by Crippen LogP contribution is -2.68. The van der Waals surface area contributed by atoms with Gasteiger partial charge in [0.1, 0.15) is 12.6 Å². The lowest BCUT2D eigenvalue weighted by atomic mass is 10.0. The summed E-state index contributed by atoms with van der Waals surface area (Å²) in [4.78, 5) is 14.6. The van der Waals surface area contributed by atoms with Crippen LogP contribution in [0.4, 0.5) is 0 Å². The molecule has 0 aromatic heterocycles. The molecule has 17 heavy (non-hydrogen) atoms. The first-order valence-corrected chi connectivity index (χ1v) is 5.44. The van der Waals surface area contributed by atoms with Gasteiger partial charge >= 0.3 is 0 Å². The van der Waals surface area contributed by atoms with Gasteiger partial charge in [0.2, 0.25) is 0 Å². The number of hydrogen-bond donors (Lipinski definition) is 4. The molecule has 0 aliphatic rings. The molecule has 98 valence electrons. The fourth-order valence-electron chi connectivity index (χ4n) is 1.31. The molecule has 6 heteroatoms. The third-order valence-electron chi connectivity index (χ3n) is 2.25. The summed E-state index contributed by atoms with van der Waals surface area (Å²) in [6, 6.07) is 0. The van der Waals surface area contributed by atoms with Crippen molar-refractivity contribution in [2.45, 2.75) is 26.6 Å². The first kappa shape index (κ1) is 15.8. The second kappa shape index (κ2) is 7.94. The van der Waals surface area contributed by atoms with E-state index < -0.39 is 6.29 Å². The SMILES string of the molecule is CCOC(O)/C(N)=C(\C(=O)CCO)C(C)=[NH+]C. The monoisotopic (exact) mass is 245 g/mol. The summed E-state index contributed by atoms with van der Waals surface area (Å²) in [5, 5.41) is 18.3. The highest BCUT2D eigenvalue weighted by Crippen LogP contribution is 2.09. The second-order valence-electron chi connectivity index (χ2n) is 3.41. The lowest BCUT2D eigenvalue weighted by molar-refractivity contribution is -0.419. The van der Waals surface area contributed by atoms with Crippen molar-refractivity contribution in [3.05, 3.63) is 11.3 Å². The maximum Gasteiger partial charge on any atom is 0.196 e. The quantitative estimate of drug-likeness (QED) is 0.229. The molecule has 1 unspecified atom stereocenters. The van der Waals surface area contributed by atoms with E-state index in [1.807, 2.05) is 0 Å². The fourth-order valence-corrected chi connectivity index (χ4v) is 1.31. The van der Waals surface area contributed by atoms with Crippen LogP contribution in [0.3, 0.4) is 0 Å². The van der Waals surface area contributed by atoms with Crippen molar-refractivity contribution in [3.8, 4) is 0 Å². The second-order valence-corrected chi connectivity index (χ2v) is 3.41. The number of nitrogens with one attached hydrogen (secondary N) is 1. The average Bonchev–Trinajstić information content (AvgIpc) is 2.29. The molecule has 5 N–H and O–H groups in total. The van der Waals surface area contributed by atoms with E-state index in [9.17, 15) is 9.90 Å². The van der Waals surface area contributed by atoms with E-state index in [4.69, 9.17) is 15.6 Å². The van der Waals surface area contributed by atoms with E-state index in [1.165, 1.54) is 0 Å². The predicted molar refractivity (Wildman–Crippen MR) is 63.1 cm³/mol. The van der Waals surface area contributed by atoms with Crippen LogP contribution >= 0.6 is 0 Å². The van der Waals surface area contributed by atoms with Gasteiger partial charge in [-0.3, -0.25) is 4.79 Å². The molecule has 0 saturated carbocycles. The molecule has 0 aromatic rings. The Morgan fingerprint density at radius 2 is 2.12 bits per heavy atom. The normalized spacial score (nSPS) is 15.5. The Morgan fingerprint density at radius 3 is 2.53 bits per heavy atom. The van der Waals surface area contributed by atoms with Gasteiger partial charge in [0.25, 0.3) is 0 Å². The number of hydrogen-bond acceptors (Lipinski definition) is 5. The molecule has 0 heterocycles. The Kier molecular flexibility index (Phi) is 7.36. The molecule has 0 fully saturated rings. The van der Waals surface area contributed by atoms with Crippen LogP contribution in [0, 0.1) is 0 Å². The van der Waals surface area contributed by atoms with E-state index in [1.54, 1.807) is 20.9 Å². The van der Waals surface area contributed by atoms with E-state index in [0.717, 1.165) is 0 Å². The Balaban J connectivity index is 5.28. The molecule has 0 amide bonds. The van der Waals surface area contributed by atoms with Crippen molar-refractivity contribution in [1.29, 1.82) is 0 Å². The van der Waals surface area contributed by atoms with Gasteiger partial charge in [-0.25, -0.2) is 4.99 Å². The number of Topliss-reactive ketones (excluding diaryl/α,β-unsaturated/α-hetero) is 1. The van der Waals surface area contributed by atoms with Crippen molar-refractivity contribution in [1.82, 2.24) is 0 Å². The number of aliphatic hydroxyl groups excluding tert-OH is 2. The number of nitrogens with two attached hydrogens (primary N) is 1. The lowest BCUT2D eigenvalue weighted by Gasteiger charge is -2.14. The number of ketones is 1. The number of carbonyl (C=O) groups is 1. The Labute approximate surface area is 101 Å². The minimum absolute atomic E-state index is 0.0443. The van der Waals surface area contributed by atoms with E-state index in [2.05, 4.69) is 4.99 Å². The number of carbonyl (C=O) groups excluding carboxylic acids is 1. The molecule has 0 aliphatic carbocycles. The first-order chi connectivity index (χ1) is 7.99. The molecular formula is C11H21N2O4+. The van der Waals surface area contributed by atoms with Crippen molar-refractivity contribution < 1.29 is 24.7 Å². The minimum Gasteiger partial charge on any atom is -0.397 e. The number of aliphatic hydroxyl groups is 2. The number of allylic oxidation sites excluding steroid dienone is 1. The van der Waals surface area contributed by atoms with Gasteiger partial charge in [-0.1, -0.05) is 0 Å². The topological polar surface area (TPSA) is 107 Å². The summed E-state index contributed by atoms with van der Waals surface area (Å²) in [6.45, 7) is 3.38. The molecule has 0 spiro atoms. The van der Waals surface area contributed by atoms with Gasteiger partial charge < -0.3 is 20.7 Å². The van der Waals surface area contributed by atoms with Crippen LogP contribution in [-0.2, 0) is 9.53 Å². The van der Waals surface area contributed by atoms with Gasteiger partial charge in [-0.2, -0.15) is 0 Å². The van der Waals surface area contributed by atoms with Crippen molar-refractivity contribution in [2.24, 2.45) is 5.73 Å². The zero-order valence-electron chi connectivity index (χ0n) is 10.5. The maximum absolute atomic E-state index is 11.8. The van der Waals surface area contributed by atoms with Crippen molar-refractivity contribution in [3.63, 3.8) is 0 Å². The summed E-state index contributed by atoms with van der Waals surface area (Å²) in [6.07, 6.45) is -1.37. The van der Waals surface area contributed by atoms with Crippen LogP contribution in [-0.4, -0.2) is 48.3 Å². The van der Waals surface area contributed by atoms with Crippen molar-refractivity contribution >= 4 is 11.5 Å². The van der Waals surface area contributed by atoms with E-state index in [-0.39, 0.29) is 36.7 Å². The van der Waals surface area contributed by atoms with Crippen LogP contribution in [0.25, 0.3) is 0 Å². The van der Waals surface area contributed by atoms with Gasteiger partial charge in [0.05, 0.1) is 12.3 Å². The third kappa shape index (κ3) is 4.64. The molecule has 0 radical (unpaired) electrons. The highest BCUT2D eigenvalue weighted by atomic mass is 16.6. The van der Waals surface area contributed by atoms with Gasteiger partial charge in [-0.15, -0.1) is 0 Å². The molecular weight excluding hydrogens is 224 g/mol. The van der Waals surface area contributed by atoms with Gasteiger partial charge in [0.15, 0.2) is 17.8 Å². The van der Waals surface area contributed by atoms with Gasteiger partial charge in [0, 0.05) is 20.0 Å². The van der Waals surface area contributed by atoms with Crippen LogP contribution in [0.1, 0.15) is 20.3 Å². The highest BCUT2D eigenvalue weighted by Gasteiger charge is 2.23. The molecule has 0 saturated heterocycles. The Morgan fingerprint density at radius 1 is 1.53 bits per heavy atom. The van der Waals surface area contributed by atoms with Crippen LogP contribution in [0.15, 0.2) is 11.3 Å². The van der Waals surface area contributed by atoms with Crippen LogP contribution in [0.2, 0.25) is 0 Å². The van der Waals surface area contributed by atoms with Crippen LogP contribution < -0.4 is 10.7 Å². The third-order valence-corrected chi connectivity index (χ3v) is 2.25.